The van der Waals surface area contributed by atoms with Gasteiger partial charge in [-0.1, -0.05) is 12.1 Å². The number of rotatable bonds is 3. The molecule has 2 atom stereocenters. The molecule has 1 heterocycles. The first-order chi connectivity index (χ1) is 7.81. The van der Waals surface area contributed by atoms with Gasteiger partial charge in [0.05, 0.1) is 18.4 Å². The van der Waals surface area contributed by atoms with E-state index in [1.807, 2.05) is 0 Å². The first-order valence-electron chi connectivity index (χ1n) is 5.29. The van der Waals surface area contributed by atoms with Gasteiger partial charge in [0.1, 0.15) is 11.9 Å². The summed E-state index contributed by atoms with van der Waals surface area (Å²) in [6.07, 6.45) is 0.847. The maximum Gasteiger partial charge on any atom is 0.146 e. The van der Waals surface area contributed by atoms with Crippen molar-refractivity contribution in [3.63, 3.8) is 0 Å². The summed E-state index contributed by atoms with van der Waals surface area (Å²) >= 11 is 0. The Morgan fingerprint density at radius 1 is 1.50 bits per heavy atom. The van der Waals surface area contributed by atoms with E-state index in [1.54, 1.807) is 18.2 Å². The number of halogens is 1. The molecule has 2 rings (SSSR count). The quantitative estimate of drug-likeness (QED) is 0.849. The van der Waals surface area contributed by atoms with E-state index in [0.717, 1.165) is 6.42 Å². The van der Waals surface area contributed by atoms with Crippen LogP contribution in [0.3, 0.4) is 0 Å². The van der Waals surface area contributed by atoms with E-state index < -0.39 is 0 Å². The lowest BCUT2D eigenvalue weighted by atomic mass is 10.00. The highest BCUT2D eigenvalue weighted by Gasteiger charge is 2.26. The first-order valence-corrected chi connectivity index (χ1v) is 5.29. The van der Waals surface area contributed by atoms with Gasteiger partial charge in [0.2, 0.25) is 0 Å². The van der Waals surface area contributed by atoms with Crippen LogP contribution < -0.4 is 5.32 Å². The zero-order chi connectivity index (χ0) is 11.4. The molecule has 0 spiro atoms. The Labute approximate surface area is 93.8 Å². The minimum atomic E-state index is -0.389. The summed E-state index contributed by atoms with van der Waals surface area (Å²) in [5.74, 6) is -0.189. The van der Waals surface area contributed by atoms with Crippen LogP contribution in [0.5, 0.6) is 0 Å². The lowest BCUT2D eigenvalue weighted by Crippen LogP contribution is -2.28. The van der Waals surface area contributed by atoms with E-state index in [-0.39, 0.29) is 17.8 Å². The zero-order valence-electron chi connectivity index (χ0n) is 8.82. The van der Waals surface area contributed by atoms with Crippen LogP contribution in [0.2, 0.25) is 0 Å². The number of hydrogen-bond acceptors (Lipinski definition) is 3. The number of nitrogens with one attached hydrogen (secondary N) is 1. The van der Waals surface area contributed by atoms with Gasteiger partial charge in [-0.05, 0) is 18.6 Å². The minimum Gasteiger partial charge on any atom is -0.381 e. The smallest absolute Gasteiger partial charge is 0.146 e. The number of ether oxygens (including phenoxy) is 1. The molecule has 1 saturated heterocycles. The molecule has 0 bridgehead atoms. The molecule has 1 aromatic rings. The standard InChI is InChI=1S/C12H13FN2O/c13-10-3-1-2-4-11(10)15-12(7-14)9-5-6-16-8-9/h1-4,9,12,15H,5-6,8H2. The van der Waals surface area contributed by atoms with Gasteiger partial charge < -0.3 is 10.1 Å². The summed E-state index contributed by atoms with van der Waals surface area (Å²) in [5, 5.41) is 12.0. The number of nitrogens with zero attached hydrogens (tertiary/aromatic N) is 1. The van der Waals surface area contributed by atoms with Gasteiger partial charge in [0.25, 0.3) is 0 Å². The number of anilines is 1. The van der Waals surface area contributed by atoms with Crippen molar-refractivity contribution in [1.29, 1.82) is 5.26 Å². The van der Waals surface area contributed by atoms with Crippen molar-refractivity contribution in [3.05, 3.63) is 30.1 Å². The summed E-state index contributed by atoms with van der Waals surface area (Å²) in [6, 6.07) is 8.15. The van der Waals surface area contributed by atoms with E-state index in [9.17, 15) is 4.39 Å². The Kier molecular flexibility index (Phi) is 3.37. The molecule has 1 fully saturated rings. The molecule has 4 heteroatoms. The topological polar surface area (TPSA) is 45.0 Å². The van der Waals surface area contributed by atoms with Crippen LogP contribution in [-0.2, 0) is 4.74 Å². The Morgan fingerprint density at radius 3 is 2.94 bits per heavy atom. The van der Waals surface area contributed by atoms with Crippen LogP contribution in [0, 0.1) is 23.1 Å². The molecular formula is C12H13FN2O. The second-order valence-corrected chi connectivity index (χ2v) is 3.85. The maximum absolute atomic E-state index is 13.4. The van der Waals surface area contributed by atoms with Crippen LogP contribution in [0.4, 0.5) is 10.1 Å². The SMILES string of the molecule is N#CC(Nc1ccccc1F)C1CCOC1. The molecule has 16 heavy (non-hydrogen) atoms. The van der Waals surface area contributed by atoms with Crippen LogP contribution >= 0.6 is 0 Å². The van der Waals surface area contributed by atoms with Crippen molar-refractivity contribution in [2.45, 2.75) is 12.5 Å². The Balaban J connectivity index is 2.07. The third-order valence-electron chi connectivity index (χ3n) is 2.76. The van der Waals surface area contributed by atoms with Gasteiger partial charge in [0.15, 0.2) is 0 Å². The summed E-state index contributed by atoms with van der Waals surface area (Å²) < 4.78 is 18.6. The van der Waals surface area contributed by atoms with Crippen molar-refractivity contribution in [2.24, 2.45) is 5.92 Å². The average molecular weight is 220 g/mol. The number of benzene rings is 1. The highest BCUT2D eigenvalue weighted by atomic mass is 19.1. The number of nitriles is 1. The third kappa shape index (κ3) is 2.31. The molecule has 3 nitrogen and oxygen atoms in total. The van der Waals surface area contributed by atoms with Gasteiger partial charge in [-0.25, -0.2) is 4.39 Å². The van der Waals surface area contributed by atoms with Crippen molar-refractivity contribution in [3.8, 4) is 6.07 Å². The van der Waals surface area contributed by atoms with Crippen LogP contribution in [0.1, 0.15) is 6.42 Å². The fourth-order valence-corrected chi connectivity index (χ4v) is 1.82. The van der Waals surface area contributed by atoms with E-state index >= 15 is 0 Å². The van der Waals surface area contributed by atoms with Crippen LogP contribution in [0.25, 0.3) is 0 Å². The van der Waals surface area contributed by atoms with Crippen LogP contribution in [0.15, 0.2) is 24.3 Å². The Morgan fingerprint density at radius 2 is 2.31 bits per heavy atom. The van der Waals surface area contributed by atoms with Gasteiger partial charge in [-0.2, -0.15) is 5.26 Å². The molecule has 1 aliphatic rings. The third-order valence-corrected chi connectivity index (χ3v) is 2.76. The monoisotopic (exact) mass is 220 g/mol. The number of hydrogen-bond donors (Lipinski definition) is 1. The van der Waals surface area contributed by atoms with Crippen molar-refractivity contribution < 1.29 is 9.13 Å². The van der Waals surface area contributed by atoms with Gasteiger partial charge in [-0.15, -0.1) is 0 Å². The molecule has 1 N–H and O–H groups in total. The maximum atomic E-state index is 13.4. The first kappa shape index (κ1) is 10.9. The summed E-state index contributed by atoms with van der Waals surface area (Å²) in [4.78, 5) is 0. The molecule has 2 unspecified atom stereocenters. The summed E-state index contributed by atoms with van der Waals surface area (Å²) in [5.41, 5.74) is 0.376. The molecule has 0 amide bonds. The predicted octanol–water partition coefficient (Wildman–Crippen LogP) is 2.17. The molecule has 0 saturated carbocycles. The van der Waals surface area contributed by atoms with E-state index in [1.165, 1.54) is 6.07 Å². The van der Waals surface area contributed by atoms with Crippen molar-refractivity contribution >= 4 is 5.69 Å². The zero-order valence-corrected chi connectivity index (χ0v) is 8.82. The molecule has 0 aliphatic carbocycles. The van der Waals surface area contributed by atoms with Crippen molar-refractivity contribution in [1.82, 2.24) is 0 Å². The molecule has 1 aliphatic heterocycles. The van der Waals surface area contributed by atoms with Gasteiger partial charge in [-0.3, -0.25) is 0 Å². The lowest BCUT2D eigenvalue weighted by Gasteiger charge is -2.18. The van der Waals surface area contributed by atoms with E-state index in [2.05, 4.69) is 11.4 Å². The fourth-order valence-electron chi connectivity index (χ4n) is 1.82. The predicted molar refractivity (Wildman–Crippen MR) is 58.3 cm³/mol. The highest BCUT2D eigenvalue weighted by Crippen LogP contribution is 2.21. The van der Waals surface area contributed by atoms with E-state index in [4.69, 9.17) is 10.00 Å². The average Bonchev–Trinajstić information content (AvgIpc) is 2.81. The normalized spacial score (nSPS) is 21.4. The van der Waals surface area contributed by atoms with Gasteiger partial charge >= 0.3 is 0 Å². The second-order valence-electron chi connectivity index (χ2n) is 3.85. The summed E-state index contributed by atoms with van der Waals surface area (Å²) in [6.45, 7) is 1.25. The van der Waals surface area contributed by atoms with Gasteiger partial charge in [0, 0.05) is 12.5 Å². The van der Waals surface area contributed by atoms with E-state index in [0.29, 0.717) is 18.9 Å². The number of para-hydroxylation sites is 1. The summed E-state index contributed by atoms with van der Waals surface area (Å²) in [7, 11) is 0. The second kappa shape index (κ2) is 4.95. The Bertz CT molecular complexity index is 396. The minimum absolute atomic E-state index is 0.143. The molecule has 0 radical (unpaired) electrons. The lowest BCUT2D eigenvalue weighted by molar-refractivity contribution is 0.185. The van der Waals surface area contributed by atoms with Crippen molar-refractivity contribution in [2.75, 3.05) is 18.5 Å². The highest BCUT2D eigenvalue weighted by molar-refractivity contribution is 5.46. The Hall–Kier alpha value is -1.60. The largest absolute Gasteiger partial charge is 0.381 e. The van der Waals surface area contributed by atoms with Crippen LogP contribution in [-0.4, -0.2) is 19.3 Å². The molecule has 1 aromatic carbocycles. The molecule has 0 aromatic heterocycles. The fraction of sp³-hybridized carbons (Fsp3) is 0.417. The molecule has 84 valence electrons. The molecular weight excluding hydrogens is 207 g/mol.